The van der Waals surface area contributed by atoms with Gasteiger partial charge in [0.2, 0.25) is 16.0 Å². The highest BCUT2D eigenvalue weighted by atomic mass is 32.2. The van der Waals surface area contributed by atoms with Gasteiger partial charge in [0.15, 0.2) is 0 Å². The predicted octanol–water partition coefficient (Wildman–Crippen LogP) is -0.798. The van der Waals surface area contributed by atoms with Gasteiger partial charge in [-0.15, -0.1) is 5.10 Å². The molecule has 1 aromatic rings. The van der Waals surface area contributed by atoms with Crippen molar-refractivity contribution >= 4 is 22.2 Å². The first-order chi connectivity index (χ1) is 7.95. The Labute approximate surface area is 99.3 Å². The highest BCUT2D eigenvalue weighted by molar-refractivity contribution is 7.89. The Morgan fingerprint density at radius 1 is 1.29 bits per heavy atom. The van der Waals surface area contributed by atoms with Gasteiger partial charge in [-0.3, -0.25) is 0 Å². The fourth-order valence-corrected chi connectivity index (χ4v) is 1.74. The zero-order valence-electron chi connectivity index (χ0n) is 9.16. The van der Waals surface area contributed by atoms with Crippen LogP contribution in [0, 0.1) is 0 Å². The van der Waals surface area contributed by atoms with Crippen LogP contribution in [0.3, 0.4) is 0 Å². The lowest BCUT2D eigenvalue weighted by Crippen LogP contribution is -2.21. The Morgan fingerprint density at radius 3 is 2.35 bits per heavy atom. The minimum atomic E-state index is -3.41. The molecule has 0 aromatic heterocycles. The van der Waals surface area contributed by atoms with Gasteiger partial charge in [-0.05, 0) is 24.7 Å². The second kappa shape index (κ2) is 5.41. The highest BCUT2D eigenvalue weighted by Crippen LogP contribution is 2.08. The van der Waals surface area contributed by atoms with Gasteiger partial charge in [-0.2, -0.15) is 5.10 Å². The number of nitrogens with one attached hydrogen (secondary N) is 1. The number of nitrogens with zero attached hydrogens (tertiary/aromatic N) is 2. The molecule has 0 saturated heterocycles. The van der Waals surface area contributed by atoms with Crippen molar-refractivity contribution in [3.63, 3.8) is 0 Å². The molecule has 0 aliphatic heterocycles. The summed E-state index contributed by atoms with van der Waals surface area (Å²) in [5.41, 5.74) is 10.8. The van der Waals surface area contributed by atoms with Crippen LogP contribution >= 0.6 is 0 Å². The summed E-state index contributed by atoms with van der Waals surface area (Å²) in [4.78, 5) is 0.180. The van der Waals surface area contributed by atoms with Crippen LogP contribution in [-0.2, 0) is 10.0 Å². The van der Waals surface area contributed by atoms with Gasteiger partial charge < -0.3 is 11.5 Å². The molecule has 0 bridgehead atoms. The monoisotopic (exact) mass is 255 g/mol. The molecule has 0 fully saturated rings. The van der Waals surface area contributed by atoms with E-state index in [9.17, 15) is 8.42 Å². The molecule has 0 heterocycles. The predicted molar refractivity (Wildman–Crippen MR) is 66.1 cm³/mol. The van der Waals surface area contributed by atoms with Crippen LogP contribution in [0.2, 0.25) is 0 Å². The number of hydrogen-bond donors (Lipinski definition) is 3. The molecule has 1 aromatic carbocycles. The summed E-state index contributed by atoms with van der Waals surface area (Å²) in [5.74, 6) is -0.143. The molecule has 1 rings (SSSR count). The van der Waals surface area contributed by atoms with E-state index >= 15 is 0 Å². The summed E-state index contributed by atoms with van der Waals surface area (Å²) >= 11 is 0. The Balaban J connectivity index is 2.90. The number of nitrogens with two attached hydrogens (primary N) is 2. The molecule has 0 spiro atoms. The van der Waals surface area contributed by atoms with Crippen LogP contribution in [0.15, 0.2) is 39.4 Å². The van der Waals surface area contributed by atoms with Crippen LogP contribution in [0.1, 0.15) is 5.56 Å². The molecular weight excluding hydrogens is 242 g/mol. The lowest BCUT2D eigenvalue weighted by atomic mass is 10.2. The van der Waals surface area contributed by atoms with Gasteiger partial charge in [-0.1, -0.05) is 12.1 Å². The number of guanidine groups is 1. The minimum Gasteiger partial charge on any atom is -0.369 e. The zero-order chi connectivity index (χ0) is 12.9. The van der Waals surface area contributed by atoms with Gasteiger partial charge in [-0.25, -0.2) is 13.1 Å². The van der Waals surface area contributed by atoms with E-state index in [1.165, 1.54) is 25.4 Å². The standard InChI is InChI=1S/C9H13N5O2S/c1-12-17(15,16)8-4-2-7(3-5-8)6-13-14-9(10)11/h2-6,12H,1H3,(H4,10,11,14). The number of benzene rings is 1. The molecule has 0 unspecified atom stereocenters. The van der Waals surface area contributed by atoms with Crippen LogP contribution in [-0.4, -0.2) is 27.6 Å². The maximum Gasteiger partial charge on any atom is 0.240 e. The maximum absolute atomic E-state index is 11.4. The molecule has 0 atom stereocenters. The zero-order valence-corrected chi connectivity index (χ0v) is 9.98. The minimum absolute atomic E-state index is 0.143. The fraction of sp³-hybridized carbons (Fsp3) is 0.111. The fourth-order valence-electron chi connectivity index (χ4n) is 1.01. The molecule has 0 saturated carbocycles. The van der Waals surface area contributed by atoms with Gasteiger partial charge >= 0.3 is 0 Å². The van der Waals surface area contributed by atoms with E-state index in [0.29, 0.717) is 5.56 Å². The van der Waals surface area contributed by atoms with Gasteiger partial charge in [0, 0.05) is 0 Å². The van der Waals surface area contributed by atoms with Crippen LogP contribution in [0.4, 0.5) is 0 Å². The average Bonchev–Trinajstić information content (AvgIpc) is 2.29. The number of sulfonamides is 1. The molecular formula is C9H13N5O2S. The van der Waals surface area contributed by atoms with Crippen molar-refractivity contribution in [2.45, 2.75) is 4.90 Å². The highest BCUT2D eigenvalue weighted by Gasteiger charge is 2.09. The molecule has 92 valence electrons. The first kappa shape index (κ1) is 13.1. The third-order valence-corrected chi connectivity index (χ3v) is 3.27. The van der Waals surface area contributed by atoms with Gasteiger partial charge in [0.05, 0.1) is 11.1 Å². The van der Waals surface area contributed by atoms with E-state index in [1.54, 1.807) is 12.1 Å². The van der Waals surface area contributed by atoms with E-state index < -0.39 is 10.0 Å². The average molecular weight is 255 g/mol. The summed E-state index contributed by atoms with van der Waals surface area (Å²) in [6.07, 6.45) is 1.41. The van der Waals surface area contributed by atoms with Crippen molar-refractivity contribution in [2.75, 3.05) is 7.05 Å². The molecule has 7 nitrogen and oxygen atoms in total. The van der Waals surface area contributed by atoms with Crippen molar-refractivity contribution in [3.8, 4) is 0 Å². The molecule has 0 aliphatic carbocycles. The lowest BCUT2D eigenvalue weighted by Gasteiger charge is -2.01. The van der Waals surface area contributed by atoms with Crippen molar-refractivity contribution in [3.05, 3.63) is 29.8 Å². The van der Waals surface area contributed by atoms with Crippen molar-refractivity contribution in [1.82, 2.24) is 4.72 Å². The Hall–Kier alpha value is -1.93. The summed E-state index contributed by atoms with van der Waals surface area (Å²) in [6.45, 7) is 0. The summed E-state index contributed by atoms with van der Waals surface area (Å²) < 4.78 is 25.1. The van der Waals surface area contributed by atoms with Crippen molar-refractivity contribution in [2.24, 2.45) is 21.7 Å². The molecule has 0 aliphatic rings. The van der Waals surface area contributed by atoms with Gasteiger partial charge in [0.25, 0.3) is 0 Å². The first-order valence-electron chi connectivity index (χ1n) is 4.61. The molecule has 8 heteroatoms. The maximum atomic E-state index is 11.4. The normalized spacial score (nSPS) is 11.6. The first-order valence-corrected chi connectivity index (χ1v) is 6.09. The smallest absolute Gasteiger partial charge is 0.240 e. The van der Waals surface area contributed by atoms with E-state index in [-0.39, 0.29) is 10.9 Å². The van der Waals surface area contributed by atoms with E-state index in [0.717, 1.165) is 0 Å². The largest absolute Gasteiger partial charge is 0.369 e. The summed E-state index contributed by atoms with van der Waals surface area (Å²) in [7, 11) is -2.06. The van der Waals surface area contributed by atoms with Crippen LogP contribution in [0.25, 0.3) is 0 Å². The van der Waals surface area contributed by atoms with Crippen LogP contribution < -0.4 is 16.2 Å². The second-order valence-electron chi connectivity index (χ2n) is 3.05. The number of hydrogen-bond acceptors (Lipinski definition) is 4. The Kier molecular flexibility index (Phi) is 4.18. The second-order valence-corrected chi connectivity index (χ2v) is 4.93. The third-order valence-electron chi connectivity index (χ3n) is 1.84. The summed E-state index contributed by atoms with van der Waals surface area (Å²) in [5, 5.41) is 7.02. The molecule has 0 amide bonds. The van der Waals surface area contributed by atoms with E-state index in [2.05, 4.69) is 14.9 Å². The van der Waals surface area contributed by atoms with E-state index in [4.69, 9.17) is 11.5 Å². The molecule has 5 N–H and O–H groups in total. The Bertz CT molecular complexity index is 529. The SMILES string of the molecule is CNS(=O)(=O)c1ccc(C=NN=C(N)N)cc1. The van der Waals surface area contributed by atoms with E-state index in [1.807, 2.05) is 0 Å². The third kappa shape index (κ3) is 3.85. The van der Waals surface area contributed by atoms with Crippen molar-refractivity contribution in [1.29, 1.82) is 0 Å². The molecule has 0 radical (unpaired) electrons. The quantitative estimate of drug-likeness (QED) is 0.370. The van der Waals surface area contributed by atoms with Gasteiger partial charge in [0.1, 0.15) is 0 Å². The lowest BCUT2D eigenvalue weighted by molar-refractivity contribution is 0.588. The number of rotatable bonds is 4. The Morgan fingerprint density at radius 2 is 1.88 bits per heavy atom. The van der Waals surface area contributed by atoms with Crippen LogP contribution in [0.5, 0.6) is 0 Å². The summed E-state index contributed by atoms with van der Waals surface area (Å²) in [6, 6.07) is 6.11. The molecule has 17 heavy (non-hydrogen) atoms. The van der Waals surface area contributed by atoms with Crippen molar-refractivity contribution < 1.29 is 8.42 Å². The topological polar surface area (TPSA) is 123 Å².